The molecule has 0 aliphatic carbocycles. The molecule has 39 heavy (non-hydrogen) atoms. The third kappa shape index (κ3) is 3.50. The molecule has 0 aromatic heterocycles. The van der Waals surface area contributed by atoms with Crippen molar-refractivity contribution < 1.29 is 38.9 Å². The van der Waals surface area contributed by atoms with E-state index in [9.17, 15) is 24.6 Å². The maximum Gasteiger partial charge on any atom is 0.347 e. The summed E-state index contributed by atoms with van der Waals surface area (Å²) in [5.41, 5.74) is 11.8. The second-order valence-corrected chi connectivity index (χ2v) is 11.5. The molecule has 2 saturated heterocycles. The first-order valence-corrected chi connectivity index (χ1v) is 13.1. The summed E-state index contributed by atoms with van der Waals surface area (Å²) >= 11 is 0. The fraction of sp³-hybridized carbons (Fsp3) is 0.560. The van der Waals surface area contributed by atoms with Crippen molar-refractivity contribution in [3.8, 4) is 5.75 Å². The average Bonchev–Trinajstić information content (AvgIpc) is 3.46. The van der Waals surface area contributed by atoms with Crippen LogP contribution in [0.15, 0.2) is 18.2 Å². The zero-order valence-corrected chi connectivity index (χ0v) is 21.8. The van der Waals surface area contributed by atoms with Gasteiger partial charge in [0.25, 0.3) is 17.4 Å². The Morgan fingerprint density at radius 2 is 1.97 bits per heavy atom. The molecule has 1 spiro atoms. The number of benzene rings is 1. The highest BCUT2D eigenvalue weighted by Crippen LogP contribution is 2.41. The SMILES string of the molecule is CC1(C)CCOc2c(C(=O)NC3C[N+]4=C(N)N[C@@H](CN5C(=O)CCC5=O)[C@@H]5[NH+]=C(N)NC54C3(O)O)cccc21. The van der Waals surface area contributed by atoms with Gasteiger partial charge in [0.05, 0.1) is 25.3 Å². The lowest BCUT2D eigenvalue weighted by atomic mass is 9.79. The van der Waals surface area contributed by atoms with Gasteiger partial charge < -0.3 is 20.3 Å². The third-order valence-corrected chi connectivity index (χ3v) is 8.75. The Morgan fingerprint density at radius 1 is 1.26 bits per heavy atom. The Kier molecular flexibility index (Phi) is 5.40. The molecule has 14 heteroatoms. The number of rotatable bonds is 4. The topological polar surface area (TPSA) is 209 Å². The van der Waals surface area contributed by atoms with Gasteiger partial charge in [-0.15, -0.1) is 0 Å². The number of likely N-dealkylation sites (tertiary alicyclic amines) is 1. The zero-order valence-electron chi connectivity index (χ0n) is 21.8. The first kappa shape index (κ1) is 25.4. The van der Waals surface area contributed by atoms with Crippen molar-refractivity contribution >= 4 is 29.6 Å². The largest absolute Gasteiger partial charge is 0.492 e. The molecule has 2 unspecified atom stereocenters. The lowest BCUT2D eigenvalue weighted by molar-refractivity contribution is -0.674. The summed E-state index contributed by atoms with van der Waals surface area (Å²) in [6.07, 6.45) is 1.04. The van der Waals surface area contributed by atoms with E-state index in [4.69, 9.17) is 16.2 Å². The summed E-state index contributed by atoms with van der Waals surface area (Å²) in [4.78, 5) is 42.3. The van der Waals surface area contributed by atoms with E-state index in [1.54, 1.807) is 12.1 Å². The van der Waals surface area contributed by atoms with Crippen molar-refractivity contribution in [2.75, 3.05) is 19.7 Å². The van der Waals surface area contributed by atoms with Crippen molar-refractivity contribution in [1.82, 2.24) is 20.9 Å². The van der Waals surface area contributed by atoms with Gasteiger partial charge >= 0.3 is 11.9 Å². The molecule has 1 aromatic carbocycles. The number of para-hydroxylation sites is 1. The fourth-order valence-corrected chi connectivity index (χ4v) is 6.60. The Balaban J connectivity index is 1.32. The van der Waals surface area contributed by atoms with Crippen LogP contribution in [-0.4, -0.2) is 98.6 Å². The number of nitrogens with one attached hydrogen (secondary N) is 4. The smallest absolute Gasteiger partial charge is 0.347 e. The minimum Gasteiger partial charge on any atom is -0.492 e. The van der Waals surface area contributed by atoms with Crippen molar-refractivity contribution in [1.29, 1.82) is 0 Å². The Hall–Kier alpha value is -3.91. The van der Waals surface area contributed by atoms with Gasteiger partial charge in [-0.25, -0.2) is 9.89 Å². The van der Waals surface area contributed by atoms with Crippen LogP contribution in [0.25, 0.3) is 0 Å². The van der Waals surface area contributed by atoms with E-state index in [0.29, 0.717) is 12.4 Å². The molecule has 5 heterocycles. The maximum absolute atomic E-state index is 13.5. The summed E-state index contributed by atoms with van der Waals surface area (Å²) in [5.74, 6) is -3.15. The highest BCUT2D eigenvalue weighted by atomic mass is 16.5. The summed E-state index contributed by atoms with van der Waals surface area (Å²) < 4.78 is 7.38. The second kappa shape index (κ2) is 8.29. The summed E-state index contributed by atoms with van der Waals surface area (Å²) in [7, 11) is 0. The Bertz CT molecular complexity index is 1340. The number of amides is 3. The zero-order chi connectivity index (χ0) is 27.9. The van der Waals surface area contributed by atoms with Crippen LogP contribution in [0.4, 0.5) is 0 Å². The van der Waals surface area contributed by atoms with Crippen LogP contribution in [-0.2, 0) is 15.0 Å². The molecule has 5 aliphatic heterocycles. The van der Waals surface area contributed by atoms with Crippen LogP contribution in [0.1, 0.15) is 49.0 Å². The lowest BCUT2D eigenvalue weighted by Crippen LogP contribution is -2.92. The van der Waals surface area contributed by atoms with Gasteiger partial charge in [-0.05, 0) is 17.9 Å². The highest BCUT2D eigenvalue weighted by Gasteiger charge is 2.78. The van der Waals surface area contributed by atoms with Gasteiger partial charge in [-0.3, -0.25) is 41.1 Å². The number of imide groups is 1. The quantitative estimate of drug-likeness (QED) is 0.103. The van der Waals surface area contributed by atoms with Crippen LogP contribution in [0, 0.1) is 0 Å². The third-order valence-electron chi connectivity index (χ3n) is 8.75. The summed E-state index contributed by atoms with van der Waals surface area (Å²) in [6.45, 7) is 4.49. The second-order valence-electron chi connectivity index (χ2n) is 11.5. The van der Waals surface area contributed by atoms with Gasteiger partial charge in [0.2, 0.25) is 11.8 Å². The number of aliphatic hydroxyl groups is 2. The molecule has 5 aliphatic rings. The molecular formula is C25H34N8O6+2. The molecule has 6 rings (SSSR count). The number of ether oxygens (including phenoxy) is 1. The number of carbonyl (C=O) groups excluding carboxylic acids is 3. The van der Waals surface area contributed by atoms with Crippen LogP contribution in [0.2, 0.25) is 0 Å². The molecule has 4 atom stereocenters. The Labute approximate surface area is 224 Å². The number of hydrogen-bond acceptors (Lipinski definition) is 10. The van der Waals surface area contributed by atoms with Gasteiger partial charge in [0.15, 0.2) is 6.04 Å². The average molecular weight is 543 g/mol. The highest BCUT2D eigenvalue weighted by molar-refractivity contribution is 6.02. The normalized spacial score (nSPS) is 31.9. The molecule has 0 bridgehead atoms. The van der Waals surface area contributed by atoms with E-state index in [-0.39, 0.29) is 60.6 Å². The number of fused-ring (bicyclic) bond motifs is 1. The molecular weight excluding hydrogens is 508 g/mol. The molecule has 14 nitrogen and oxygen atoms in total. The minimum atomic E-state index is -2.60. The van der Waals surface area contributed by atoms with Crippen LogP contribution in [0.5, 0.6) is 5.75 Å². The monoisotopic (exact) mass is 542 g/mol. The van der Waals surface area contributed by atoms with E-state index in [1.807, 2.05) is 6.07 Å². The van der Waals surface area contributed by atoms with E-state index in [1.165, 1.54) is 4.58 Å². The van der Waals surface area contributed by atoms with E-state index in [0.717, 1.165) is 16.9 Å². The molecule has 10 N–H and O–H groups in total. The number of nitrogens with zero attached hydrogens (tertiary/aromatic N) is 2. The van der Waals surface area contributed by atoms with E-state index < -0.39 is 35.5 Å². The molecule has 0 saturated carbocycles. The van der Waals surface area contributed by atoms with Crippen molar-refractivity contribution in [3.63, 3.8) is 0 Å². The van der Waals surface area contributed by atoms with Gasteiger partial charge in [-0.1, -0.05) is 26.0 Å². The van der Waals surface area contributed by atoms with Crippen LogP contribution < -0.4 is 37.1 Å². The number of guanidine groups is 2. The lowest BCUT2D eigenvalue weighted by Gasteiger charge is -2.41. The van der Waals surface area contributed by atoms with Gasteiger partial charge in [-0.2, -0.15) is 0 Å². The van der Waals surface area contributed by atoms with Crippen LogP contribution in [0.3, 0.4) is 0 Å². The molecule has 208 valence electrons. The van der Waals surface area contributed by atoms with E-state index >= 15 is 0 Å². The van der Waals surface area contributed by atoms with Gasteiger partial charge in [0, 0.05) is 18.4 Å². The fourth-order valence-electron chi connectivity index (χ4n) is 6.60. The summed E-state index contributed by atoms with van der Waals surface area (Å²) in [6, 6.07) is 2.56. The molecule has 3 amide bonds. The number of nitrogens with two attached hydrogens (primary N) is 2. The molecule has 2 fully saturated rings. The minimum absolute atomic E-state index is 0.0535. The number of carbonyl (C=O) groups is 3. The van der Waals surface area contributed by atoms with E-state index in [2.05, 4.69) is 34.8 Å². The predicted molar refractivity (Wildman–Crippen MR) is 135 cm³/mol. The van der Waals surface area contributed by atoms with Crippen molar-refractivity contribution in [3.05, 3.63) is 29.3 Å². The predicted octanol–water partition coefficient (Wildman–Crippen LogP) is -4.95. The van der Waals surface area contributed by atoms with Gasteiger partial charge in [0.1, 0.15) is 17.8 Å². The van der Waals surface area contributed by atoms with Crippen molar-refractivity contribution in [2.24, 2.45) is 11.5 Å². The standard InChI is InChI=1S/C25H32N8O6/c1-23(2)8-9-39-18-12(4-3-5-13(18)23)20(36)29-15-11-33-22(27)28-14(10-32-16(34)6-7-17(32)35)19-24(33,25(15,37)38)31-21(26)30-19/h3-5,14-15,19,37-38H,6-11H2,1-2H3,(H6,26,27,28,29,30,31,36)/p+2/t14-,15?,19-,24?/m0/s1. The number of hydrogen-bond donors (Lipinski definition) is 8. The molecule has 0 radical (unpaired) electrons. The van der Waals surface area contributed by atoms with Crippen LogP contribution >= 0.6 is 0 Å². The first-order valence-electron chi connectivity index (χ1n) is 13.1. The first-order chi connectivity index (χ1) is 18.4. The maximum atomic E-state index is 13.5. The van der Waals surface area contributed by atoms with Crippen molar-refractivity contribution in [2.45, 2.75) is 68.1 Å². The molecule has 1 aromatic rings. The summed E-state index contributed by atoms with van der Waals surface area (Å²) in [5, 5.41) is 32.2. The Morgan fingerprint density at radius 3 is 2.69 bits per heavy atom.